The zero-order valence-electron chi connectivity index (χ0n) is 12.6. The van der Waals surface area contributed by atoms with Crippen LogP contribution in [-0.4, -0.2) is 47.3 Å². The Labute approximate surface area is 130 Å². The van der Waals surface area contributed by atoms with Crippen molar-refractivity contribution in [1.29, 1.82) is 0 Å². The maximum Gasteiger partial charge on any atom is 0.125 e. The lowest BCUT2D eigenvalue weighted by Gasteiger charge is -2.38. The second kappa shape index (κ2) is 6.30. The summed E-state index contributed by atoms with van der Waals surface area (Å²) in [4.78, 5) is 8.00. The van der Waals surface area contributed by atoms with Crippen LogP contribution in [0.1, 0.15) is 42.0 Å². The number of aliphatic hydroxyl groups is 1. The molecule has 3 N–H and O–H groups in total. The Morgan fingerprint density at radius 1 is 1.48 bits per heavy atom. The predicted molar refractivity (Wildman–Crippen MR) is 83.1 cm³/mol. The molecule has 0 spiro atoms. The third kappa shape index (κ3) is 3.29. The van der Waals surface area contributed by atoms with Gasteiger partial charge in [-0.1, -0.05) is 0 Å². The Morgan fingerprint density at radius 2 is 2.24 bits per heavy atom. The Morgan fingerprint density at radius 3 is 2.86 bits per heavy atom. The van der Waals surface area contributed by atoms with E-state index in [2.05, 4.69) is 9.88 Å². The molecule has 118 valence electrons. The lowest BCUT2D eigenvalue weighted by molar-refractivity contribution is -0.0224. The molecular weight excluding hydrogens is 286 g/mol. The molecule has 1 atom stereocenters. The van der Waals surface area contributed by atoms with E-state index in [9.17, 15) is 5.11 Å². The van der Waals surface area contributed by atoms with Crippen LogP contribution in [0.15, 0.2) is 6.20 Å². The van der Waals surface area contributed by atoms with Crippen molar-refractivity contribution in [2.75, 3.05) is 20.2 Å². The summed E-state index contributed by atoms with van der Waals surface area (Å²) >= 11 is 1.58. The molecule has 2 fully saturated rings. The van der Waals surface area contributed by atoms with Crippen LogP contribution in [-0.2, 0) is 16.9 Å². The molecule has 1 unspecified atom stereocenters. The Bertz CT molecular complexity index is 471. The van der Waals surface area contributed by atoms with Crippen molar-refractivity contribution in [3.05, 3.63) is 16.1 Å². The van der Waals surface area contributed by atoms with Crippen molar-refractivity contribution in [1.82, 2.24) is 9.88 Å². The van der Waals surface area contributed by atoms with Crippen LogP contribution in [0.4, 0.5) is 0 Å². The smallest absolute Gasteiger partial charge is 0.125 e. The number of nitrogens with two attached hydrogens (primary N) is 1. The van der Waals surface area contributed by atoms with E-state index in [1.807, 2.05) is 6.20 Å². The van der Waals surface area contributed by atoms with Crippen LogP contribution >= 0.6 is 11.3 Å². The summed E-state index contributed by atoms with van der Waals surface area (Å²) < 4.78 is 5.13. The minimum atomic E-state index is -0.741. The van der Waals surface area contributed by atoms with Gasteiger partial charge in [-0.15, -0.1) is 11.3 Å². The Hall–Kier alpha value is -0.530. The Kier molecular flexibility index (Phi) is 4.61. The number of ether oxygens (including phenoxy) is 1. The number of hydrogen-bond donors (Lipinski definition) is 2. The molecule has 0 radical (unpaired) electrons. The highest BCUT2D eigenvalue weighted by molar-refractivity contribution is 7.11. The van der Waals surface area contributed by atoms with E-state index in [1.54, 1.807) is 18.4 Å². The van der Waals surface area contributed by atoms with Crippen molar-refractivity contribution in [2.45, 2.75) is 56.4 Å². The second-order valence-electron chi connectivity index (χ2n) is 6.37. The molecule has 1 aromatic rings. The summed E-state index contributed by atoms with van der Waals surface area (Å²) in [7, 11) is 1.68. The van der Waals surface area contributed by atoms with Gasteiger partial charge < -0.3 is 15.6 Å². The minimum absolute atomic E-state index is 0.335. The zero-order valence-corrected chi connectivity index (χ0v) is 13.4. The fourth-order valence-corrected chi connectivity index (χ4v) is 4.57. The molecule has 1 saturated heterocycles. The van der Waals surface area contributed by atoms with Crippen LogP contribution in [0, 0.1) is 0 Å². The SMILES string of the molecule is COCc1cnc(C2(O)CCC(N3CCC(N)C3)CC2)s1. The van der Waals surface area contributed by atoms with E-state index in [1.165, 1.54) is 0 Å². The second-order valence-corrected chi connectivity index (χ2v) is 7.49. The third-order valence-corrected chi connectivity index (χ3v) is 5.96. The summed E-state index contributed by atoms with van der Waals surface area (Å²) in [6.07, 6.45) is 6.58. The monoisotopic (exact) mass is 311 g/mol. The lowest BCUT2D eigenvalue weighted by Crippen LogP contribution is -2.42. The quantitative estimate of drug-likeness (QED) is 0.881. The first kappa shape index (κ1) is 15.4. The molecule has 0 amide bonds. The van der Waals surface area contributed by atoms with E-state index in [-0.39, 0.29) is 0 Å². The number of likely N-dealkylation sites (tertiary alicyclic amines) is 1. The van der Waals surface area contributed by atoms with E-state index >= 15 is 0 Å². The van der Waals surface area contributed by atoms with Crippen LogP contribution in [0.5, 0.6) is 0 Å². The molecule has 6 heteroatoms. The fourth-order valence-electron chi connectivity index (χ4n) is 3.54. The fraction of sp³-hybridized carbons (Fsp3) is 0.800. The Balaban J connectivity index is 1.60. The summed E-state index contributed by atoms with van der Waals surface area (Å²) in [6, 6.07) is 0.915. The average Bonchev–Trinajstić information content (AvgIpc) is 3.10. The van der Waals surface area contributed by atoms with Crippen molar-refractivity contribution in [2.24, 2.45) is 5.73 Å². The summed E-state index contributed by atoms with van der Waals surface area (Å²) in [5.74, 6) is 0. The summed E-state index contributed by atoms with van der Waals surface area (Å²) in [5, 5.41) is 11.8. The highest BCUT2D eigenvalue weighted by atomic mass is 32.1. The van der Waals surface area contributed by atoms with E-state index in [4.69, 9.17) is 10.5 Å². The van der Waals surface area contributed by atoms with Crippen molar-refractivity contribution >= 4 is 11.3 Å². The number of hydrogen-bond acceptors (Lipinski definition) is 6. The summed E-state index contributed by atoms with van der Waals surface area (Å²) in [5.41, 5.74) is 5.26. The number of nitrogens with zero attached hydrogens (tertiary/aromatic N) is 2. The maximum absolute atomic E-state index is 10.9. The molecule has 3 rings (SSSR count). The first-order valence-corrected chi connectivity index (χ1v) is 8.58. The van der Waals surface area contributed by atoms with Crippen LogP contribution < -0.4 is 5.73 Å². The van der Waals surface area contributed by atoms with Crippen LogP contribution in [0.25, 0.3) is 0 Å². The highest BCUT2D eigenvalue weighted by Gasteiger charge is 2.39. The molecule has 21 heavy (non-hydrogen) atoms. The standard InChI is InChI=1S/C15H25N3O2S/c1-20-10-13-8-17-14(21-13)15(19)5-2-12(3-6-15)18-7-4-11(16)9-18/h8,11-12,19H,2-7,9-10,16H2,1H3. The molecule has 2 aliphatic rings. The van der Waals surface area contributed by atoms with E-state index < -0.39 is 5.60 Å². The van der Waals surface area contributed by atoms with Gasteiger partial charge in [0.2, 0.25) is 0 Å². The molecule has 1 aromatic heterocycles. The van der Waals surface area contributed by atoms with Gasteiger partial charge in [0.15, 0.2) is 0 Å². The number of methoxy groups -OCH3 is 1. The van der Waals surface area contributed by atoms with E-state index in [0.29, 0.717) is 18.7 Å². The van der Waals surface area contributed by atoms with Gasteiger partial charge in [-0.25, -0.2) is 4.98 Å². The highest BCUT2D eigenvalue weighted by Crippen LogP contribution is 2.40. The van der Waals surface area contributed by atoms with E-state index in [0.717, 1.165) is 55.1 Å². The number of aromatic nitrogens is 1. The van der Waals surface area contributed by atoms with Crippen molar-refractivity contribution < 1.29 is 9.84 Å². The molecule has 5 nitrogen and oxygen atoms in total. The van der Waals surface area contributed by atoms with Gasteiger partial charge in [-0.2, -0.15) is 0 Å². The van der Waals surface area contributed by atoms with Gasteiger partial charge in [0.1, 0.15) is 10.6 Å². The first-order valence-electron chi connectivity index (χ1n) is 7.77. The molecule has 0 bridgehead atoms. The molecule has 1 aliphatic heterocycles. The third-order valence-electron chi connectivity index (χ3n) is 4.79. The van der Waals surface area contributed by atoms with Crippen molar-refractivity contribution in [3.63, 3.8) is 0 Å². The predicted octanol–water partition coefficient (Wildman–Crippen LogP) is 1.45. The average molecular weight is 311 g/mol. The topological polar surface area (TPSA) is 71.6 Å². The molecule has 1 saturated carbocycles. The van der Waals surface area contributed by atoms with Crippen LogP contribution in [0.3, 0.4) is 0 Å². The van der Waals surface area contributed by atoms with Gasteiger partial charge >= 0.3 is 0 Å². The molecular formula is C15H25N3O2S. The first-order chi connectivity index (χ1) is 10.1. The molecule has 2 heterocycles. The van der Waals surface area contributed by atoms with Crippen molar-refractivity contribution in [3.8, 4) is 0 Å². The van der Waals surface area contributed by atoms with Crippen LogP contribution in [0.2, 0.25) is 0 Å². The minimum Gasteiger partial charge on any atom is -0.383 e. The van der Waals surface area contributed by atoms with Gasteiger partial charge in [0, 0.05) is 38.5 Å². The number of thiazole rings is 1. The largest absolute Gasteiger partial charge is 0.383 e. The summed E-state index contributed by atoms with van der Waals surface area (Å²) in [6.45, 7) is 2.69. The zero-order chi connectivity index (χ0) is 14.9. The molecule has 1 aliphatic carbocycles. The van der Waals surface area contributed by atoms with Gasteiger partial charge in [-0.05, 0) is 32.1 Å². The number of rotatable bonds is 4. The maximum atomic E-state index is 10.9. The normalized spacial score (nSPS) is 34.4. The molecule has 0 aromatic carbocycles. The van der Waals surface area contributed by atoms with Gasteiger partial charge in [0.05, 0.1) is 11.5 Å². The van der Waals surface area contributed by atoms with Gasteiger partial charge in [0.25, 0.3) is 0 Å². The lowest BCUT2D eigenvalue weighted by atomic mass is 9.82. The van der Waals surface area contributed by atoms with Gasteiger partial charge in [-0.3, -0.25) is 4.90 Å².